The van der Waals surface area contributed by atoms with E-state index in [1.54, 1.807) is 0 Å². The van der Waals surface area contributed by atoms with Crippen molar-refractivity contribution in [2.75, 3.05) is 5.32 Å². The number of halogens is 1. The van der Waals surface area contributed by atoms with E-state index in [2.05, 4.69) is 51.9 Å². The average molecular weight is 398 g/mol. The highest BCUT2D eigenvalue weighted by molar-refractivity contribution is 9.10. The van der Waals surface area contributed by atoms with Gasteiger partial charge in [-0.15, -0.1) is 6.58 Å². The lowest BCUT2D eigenvalue weighted by Gasteiger charge is -2.26. The Labute approximate surface area is 155 Å². The van der Waals surface area contributed by atoms with Crippen LogP contribution in [-0.4, -0.2) is 15.6 Å². The maximum absolute atomic E-state index is 6.33. The number of hydrogen-bond donors (Lipinski definition) is 1. The Bertz CT molecular complexity index is 948. The van der Waals surface area contributed by atoms with Crippen molar-refractivity contribution in [2.24, 2.45) is 0 Å². The number of fused-ring (bicyclic) bond motifs is 2. The average Bonchev–Trinajstić information content (AvgIpc) is 2.95. The van der Waals surface area contributed by atoms with E-state index in [-0.39, 0.29) is 0 Å². The molecule has 4 nitrogen and oxygen atoms in total. The molecule has 0 bridgehead atoms. The van der Waals surface area contributed by atoms with Gasteiger partial charge in [0.25, 0.3) is 0 Å². The minimum absolute atomic E-state index is 0.479. The van der Waals surface area contributed by atoms with Crippen LogP contribution in [-0.2, 0) is 13.0 Å². The van der Waals surface area contributed by atoms with Gasteiger partial charge in [0.1, 0.15) is 5.75 Å². The molecule has 0 saturated carbocycles. The molecular weight excluding hydrogens is 378 g/mol. The number of nitrogens with one attached hydrogen (secondary N) is 1. The van der Waals surface area contributed by atoms with E-state index >= 15 is 0 Å². The summed E-state index contributed by atoms with van der Waals surface area (Å²) in [5.41, 5.74) is 4.31. The van der Waals surface area contributed by atoms with E-state index in [0.29, 0.717) is 18.6 Å². The highest BCUT2D eigenvalue weighted by atomic mass is 79.9. The molecule has 1 unspecified atom stereocenters. The first-order valence-electron chi connectivity index (χ1n) is 8.49. The molecular formula is C20H20BrN3O. The molecule has 128 valence electrons. The van der Waals surface area contributed by atoms with Gasteiger partial charge < -0.3 is 10.1 Å². The summed E-state index contributed by atoms with van der Waals surface area (Å²) in [6.07, 6.45) is 3.93. The van der Waals surface area contributed by atoms with E-state index in [1.165, 1.54) is 5.56 Å². The quantitative estimate of drug-likeness (QED) is 0.588. The fraction of sp³-hybridized carbons (Fsp3) is 0.250. The normalized spacial score (nSPS) is 16.3. The number of hydrogen-bond acceptors (Lipinski definition) is 3. The molecule has 4 rings (SSSR count). The van der Waals surface area contributed by atoms with Gasteiger partial charge in [-0.3, -0.25) is 4.57 Å². The van der Waals surface area contributed by atoms with Crippen molar-refractivity contribution < 1.29 is 4.74 Å². The summed E-state index contributed by atoms with van der Waals surface area (Å²) in [6, 6.07) is 13.3. The Kier molecular flexibility index (Phi) is 4.25. The van der Waals surface area contributed by atoms with Gasteiger partial charge >= 0.3 is 6.01 Å². The summed E-state index contributed by atoms with van der Waals surface area (Å²) in [5, 5.41) is 3.54. The predicted octanol–water partition coefficient (Wildman–Crippen LogP) is 5.52. The van der Waals surface area contributed by atoms with Gasteiger partial charge in [-0.2, -0.15) is 4.98 Å². The topological polar surface area (TPSA) is 39.1 Å². The first-order valence-corrected chi connectivity index (χ1v) is 9.28. The van der Waals surface area contributed by atoms with Gasteiger partial charge in [-0.25, -0.2) is 0 Å². The second kappa shape index (κ2) is 6.56. The van der Waals surface area contributed by atoms with Crippen molar-refractivity contribution in [1.29, 1.82) is 0 Å². The summed E-state index contributed by atoms with van der Waals surface area (Å²) in [5.74, 6) is 0.845. The van der Waals surface area contributed by atoms with Crippen molar-refractivity contribution in [3.8, 4) is 11.8 Å². The van der Waals surface area contributed by atoms with E-state index in [0.717, 1.165) is 39.8 Å². The zero-order valence-electron chi connectivity index (χ0n) is 14.1. The number of anilines is 1. The van der Waals surface area contributed by atoms with E-state index in [1.807, 2.05) is 34.9 Å². The Morgan fingerprint density at radius 1 is 1.36 bits per heavy atom. The third-order valence-corrected chi connectivity index (χ3v) is 5.19. The molecule has 2 heterocycles. The van der Waals surface area contributed by atoms with Crippen molar-refractivity contribution in [2.45, 2.75) is 32.4 Å². The minimum Gasteiger partial charge on any atom is -0.424 e. The summed E-state index contributed by atoms with van der Waals surface area (Å²) in [4.78, 5) is 4.68. The van der Waals surface area contributed by atoms with E-state index in [4.69, 9.17) is 4.74 Å². The van der Waals surface area contributed by atoms with Crippen LogP contribution < -0.4 is 10.1 Å². The van der Waals surface area contributed by atoms with Crippen LogP contribution in [0.5, 0.6) is 11.8 Å². The minimum atomic E-state index is 0.479. The van der Waals surface area contributed by atoms with Crippen LogP contribution in [0.2, 0.25) is 0 Å². The first-order chi connectivity index (χ1) is 12.2. The van der Waals surface area contributed by atoms with Gasteiger partial charge in [0.15, 0.2) is 0 Å². The summed E-state index contributed by atoms with van der Waals surface area (Å²) < 4.78 is 9.32. The summed E-state index contributed by atoms with van der Waals surface area (Å²) in [7, 11) is 0. The van der Waals surface area contributed by atoms with Gasteiger partial charge in [-0.1, -0.05) is 18.2 Å². The number of para-hydroxylation sites is 2. The number of nitrogens with zero attached hydrogens (tertiary/aromatic N) is 2. The number of ether oxygens (including phenoxy) is 1. The molecule has 0 fully saturated rings. The van der Waals surface area contributed by atoms with Gasteiger partial charge in [-0.05, 0) is 60.0 Å². The summed E-state index contributed by atoms with van der Waals surface area (Å²) >= 11 is 3.65. The second-order valence-electron chi connectivity index (χ2n) is 6.37. The van der Waals surface area contributed by atoms with Crippen LogP contribution in [0.15, 0.2) is 53.5 Å². The Morgan fingerprint density at radius 2 is 2.20 bits per heavy atom. The van der Waals surface area contributed by atoms with Crippen LogP contribution in [0.4, 0.5) is 5.69 Å². The predicted molar refractivity (Wildman–Crippen MR) is 106 cm³/mol. The largest absolute Gasteiger partial charge is 0.424 e. The molecule has 1 aliphatic rings. The maximum atomic E-state index is 6.33. The van der Waals surface area contributed by atoms with Gasteiger partial charge in [0.05, 0.1) is 15.5 Å². The van der Waals surface area contributed by atoms with E-state index in [9.17, 15) is 0 Å². The molecule has 1 atom stereocenters. The Balaban J connectivity index is 1.81. The first kappa shape index (κ1) is 16.2. The van der Waals surface area contributed by atoms with Crippen LogP contribution in [0.3, 0.4) is 0 Å². The molecule has 0 radical (unpaired) electrons. The molecule has 5 heteroatoms. The lowest BCUT2D eigenvalue weighted by molar-refractivity contribution is 0.414. The Hall–Kier alpha value is -2.27. The molecule has 2 aromatic carbocycles. The molecule has 0 aliphatic carbocycles. The third kappa shape index (κ3) is 2.93. The number of imidazole rings is 1. The van der Waals surface area contributed by atoms with Crippen LogP contribution in [0, 0.1) is 0 Å². The standard InChI is InChI=1S/C20H20BrN3O/c1-3-12-24-18-7-5-4-6-17(18)23-20(24)25-19-14-9-8-13(2)22-16(14)11-10-15(19)21/h3-7,10-11,13,22H,1,8-9,12H2,2H3. The summed E-state index contributed by atoms with van der Waals surface area (Å²) in [6.45, 7) is 6.72. The molecule has 25 heavy (non-hydrogen) atoms. The van der Waals surface area contributed by atoms with Crippen molar-refractivity contribution in [3.63, 3.8) is 0 Å². The highest BCUT2D eigenvalue weighted by Crippen LogP contribution is 2.40. The molecule has 0 saturated heterocycles. The molecule has 0 amide bonds. The lowest BCUT2D eigenvalue weighted by Crippen LogP contribution is -2.22. The highest BCUT2D eigenvalue weighted by Gasteiger charge is 2.22. The number of aromatic nitrogens is 2. The number of benzene rings is 2. The SMILES string of the molecule is C=CCn1c(Oc2c(Br)ccc3c2CCC(C)N3)nc2ccccc21. The van der Waals surface area contributed by atoms with Crippen LogP contribution in [0.1, 0.15) is 18.9 Å². The van der Waals surface area contributed by atoms with Gasteiger partial charge in [0, 0.05) is 23.8 Å². The molecule has 3 aromatic rings. The zero-order chi connectivity index (χ0) is 17.4. The number of rotatable bonds is 4. The lowest BCUT2D eigenvalue weighted by atomic mass is 9.98. The van der Waals surface area contributed by atoms with Crippen LogP contribution >= 0.6 is 15.9 Å². The fourth-order valence-corrected chi connectivity index (χ4v) is 3.77. The maximum Gasteiger partial charge on any atom is 0.303 e. The van der Waals surface area contributed by atoms with Crippen molar-refractivity contribution in [1.82, 2.24) is 9.55 Å². The second-order valence-corrected chi connectivity index (χ2v) is 7.23. The third-order valence-electron chi connectivity index (χ3n) is 4.57. The zero-order valence-corrected chi connectivity index (χ0v) is 15.7. The molecule has 1 aromatic heterocycles. The molecule has 0 spiro atoms. The van der Waals surface area contributed by atoms with E-state index < -0.39 is 0 Å². The van der Waals surface area contributed by atoms with Crippen LogP contribution in [0.25, 0.3) is 11.0 Å². The monoisotopic (exact) mass is 397 g/mol. The Morgan fingerprint density at radius 3 is 3.04 bits per heavy atom. The van der Waals surface area contributed by atoms with Crippen molar-refractivity contribution in [3.05, 3.63) is 59.1 Å². The fourth-order valence-electron chi connectivity index (χ4n) is 3.32. The smallest absolute Gasteiger partial charge is 0.303 e. The number of allylic oxidation sites excluding steroid dienone is 1. The molecule has 1 N–H and O–H groups in total. The van der Waals surface area contributed by atoms with Crippen molar-refractivity contribution >= 4 is 32.7 Å². The van der Waals surface area contributed by atoms with Gasteiger partial charge in [0.2, 0.25) is 0 Å². The molecule has 1 aliphatic heterocycles.